The minimum atomic E-state index is 0.258. The van der Waals surface area contributed by atoms with Gasteiger partial charge in [0.25, 0.3) is 0 Å². The number of nitrogens with one attached hydrogen (secondary N) is 1. The van der Waals surface area contributed by atoms with Crippen LogP contribution in [0, 0.1) is 13.8 Å². The van der Waals surface area contributed by atoms with Crippen LogP contribution < -0.4 is 10.1 Å². The van der Waals surface area contributed by atoms with Gasteiger partial charge >= 0.3 is 0 Å². The number of methoxy groups -OCH3 is 1. The van der Waals surface area contributed by atoms with Gasteiger partial charge in [0.1, 0.15) is 11.6 Å². The standard InChI is InChI=1S/C14H16ClN3O/c1-9-6-12(19-3)5-4-11(9)8-16-13-7-10(2)17-14(15)18-13/h4-7H,8H2,1-3H3,(H,16,17,18). The second kappa shape index (κ2) is 5.89. The van der Waals surface area contributed by atoms with Gasteiger partial charge in [-0.3, -0.25) is 0 Å². The largest absolute Gasteiger partial charge is 0.497 e. The zero-order valence-electron chi connectivity index (χ0n) is 11.2. The van der Waals surface area contributed by atoms with Crippen molar-refractivity contribution in [2.75, 3.05) is 12.4 Å². The fraction of sp³-hybridized carbons (Fsp3) is 0.286. The number of benzene rings is 1. The second-order valence-electron chi connectivity index (χ2n) is 4.31. The Balaban J connectivity index is 2.10. The quantitative estimate of drug-likeness (QED) is 0.871. The Morgan fingerprint density at radius 1 is 1.21 bits per heavy atom. The Bertz CT molecular complexity index is 567. The zero-order chi connectivity index (χ0) is 13.8. The first-order valence-corrected chi connectivity index (χ1v) is 6.35. The lowest BCUT2D eigenvalue weighted by atomic mass is 10.1. The molecule has 0 saturated carbocycles. The third-order valence-electron chi connectivity index (χ3n) is 2.84. The van der Waals surface area contributed by atoms with Crippen LogP contribution in [0.3, 0.4) is 0 Å². The normalized spacial score (nSPS) is 10.3. The second-order valence-corrected chi connectivity index (χ2v) is 4.65. The summed E-state index contributed by atoms with van der Waals surface area (Å²) in [5.74, 6) is 1.59. The summed E-state index contributed by atoms with van der Waals surface area (Å²) < 4.78 is 5.19. The lowest BCUT2D eigenvalue weighted by Crippen LogP contribution is -2.04. The maximum absolute atomic E-state index is 5.82. The molecular weight excluding hydrogens is 262 g/mol. The molecule has 0 aliphatic heterocycles. The summed E-state index contributed by atoms with van der Waals surface area (Å²) >= 11 is 5.82. The first kappa shape index (κ1) is 13.6. The van der Waals surface area contributed by atoms with Crippen LogP contribution in [0.5, 0.6) is 5.75 Å². The van der Waals surface area contributed by atoms with Crippen molar-refractivity contribution in [3.05, 3.63) is 46.4 Å². The van der Waals surface area contributed by atoms with Gasteiger partial charge in [-0.25, -0.2) is 9.97 Å². The maximum Gasteiger partial charge on any atom is 0.224 e. The zero-order valence-corrected chi connectivity index (χ0v) is 12.0. The topological polar surface area (TPSA) is 47.0 Å². The molecular formula is C14H16ClN3O. The molecule has 0 aliphatic rings. The van der Waals surface area contributed by atoms with Gasteiger partial charge < -0.3 is 10.1 Å². The number of hydrogen-bond acceptors (Lipinski definition) is 4. The molecule has 0 atom stereocenters. The molecule has 0 fully saturated rings. The van der Waals surface area contributed by atoms with Gasteiger partial charge in [0.05, 0.1) is 7.11 Å². The molecule has 0 saturated heterocycles. The van der Waals surface area contributed by atoms with E-state index in [0.717, 1.165) is 17.3 Å². The first-order valence-electron chi connectivity index (χ1n) is 5.97. The van der Waals surface area contributed by atoms with E-state index in [1.54, 1.807) is 7.11 Å². The summed E-state index contributed by atoms with van der Waals surface area (Å²) in [6.45, 7) is 4.62. The number of aromatic nitrogens is 2. The van der Waals surface area contributed by atoms with Crippen molar-refractivity contribution in [1.82, 2.24) is 9.97 Å². The molecule has 1 N–H and O–H groups in total. The number of halogens is 1. The Labute approximate surface area is 117 Å². The van der Waals surface area contributed by atoms with Gasteiger partial charge in [0, 0.05) is 18.3 Å². The van der Waals surface area contributed by atoms with Crippen LogP contribution in [0.2, 0.25) is 5.28 Å². The SMILES string of the molecule is COc1ccc(CNc2cc(C)nc(Cl)n2)c(C)c1. The average Bonchev–Trinajstić information content (AvgIpc) is 2.36. The van der Waals surface area contributed by atoms with Crippen molar-refractivity contribution in [1.29, 1.82) is 0 Å². The molecule has 0 amide bonds. The summed E-state index contributed by atoms with van der Waals surface area (Å²) in [7, 11) is 1.67. The van der Waals surface area contributed by atoms with Crippen LogP contribution in [0.15, 0.2) is 24.3 Å². The monoisotopic (exact) mass is 277 g/mol. The van der Waals surface area contributed by atoms with E-state index in [1.807, 2.05) is 31.2 Å². The lowest BCUT2D eigenvalue weighted by molar-refractivity contribution is 0.414. The summed E-state index contributed by atoms with van der Waals surface area (Å²) in [5.41, 5.74) is 3.20. The fourth-order valence-electron chi connectivity index (χ4n) is 1.80. The molecule has 2 rings (SSSR count). The van der Waals surface area contributed by atoms with Crippen molar-refractivity contribution in [3.8, 4) is 5.75 Å². The van der Waals surface area contributed by atoms with Gasteiger partial charge in [-0.15, -0.1) is 0 Å². The lowest BCUT2D eigenvalue weighted by Gasteiger charge is -2.10. The van der Waals surface area contributed by atoms with Crippen molar-refractivity contribution in [2.24, 2.45) is 0 Å². The number of aryl methyl sites for hydroxylation is 2. The third kappa shape index (κ3) is 3.58. The predicted molar refractivity (Wildman–Crippen MR) is 76.8 cm³/mol. The molecule has 1 aromatic heterocycles. The fourth-order valence-corrected chi connectivity index (χ4v) is 2.03. The maximum atomic E-state index is 5.82. The number of anilines is 1. The summed E-state index contributed by atoms with van der Waals surface area (Å²) in [5, 5.41) is 3.50. The first-order chi connectivity index (χ1) is 9.08. The van der Waals surface area contributed by atoms with E-state index < -0.39 is 0 Å². The van der Waals surface area contributed by atoms with Crippen LogP contribution in [0.25, 0.3) is 0 Å². The highest BCUT2D eigenvalue weighted by molar-refractivity contribution is 6.28. The molecule has 5 heteroatoms. The molecule has 1 heterocycles. The summed E-state index contributed by atoms with van der Waals surface area (Å²) in [4.78, 5) is 8.16. The number of rotatable bonds is 4. The number of hydrogen-bond donors (Lipinski definition) is 1. The van der Waals surface area contributed by atoms with Gasteiger partial charge in [-0.05, 0) is 48.7 Å². The molecule has 2 aromatic rings. The highest BCUT2D eigenvalue weighted by atomic mass is 35.5. The minimum Gasteiger partial charge on any atom is -0.497 e. The van der Waals surface area contributed by atoms with E-state index in [2.05, 4.69) is 22.2 Å². The van der Waals surface area contributed by atoms with Crippen molar-refractivity contribution in [3.63, 3.8) is 0 Å². The van der Waals surface area contributed by atoms with Crippen LogP contribution in [-0.4, -0.2) is 17.1 Å². The molecule has 0 radical (unpaired) electrons. The number of ether oxygens (including phenoxy) is 1. The van der Waals surface area contributed by atoms with Crippen molar-refractivity contribution in [2.45, 2.75) is 20.4 Å². The highest BCUT2D eigenvalue weighted by Gasteiger charge is 2.03. The van der Waals surface area contributed by atoms with E-state index in [0.29, 0.717) is 6.54 Å². The Kier molecular flexibility index (Phi) is 4.22. The van der Waals surface area contributed by atoms with E-state index >= 15 is 0 Å². The predicted octanol–water partition coefficient (Wildman–Crippen LogP) is 3.37. The number of nitrogens with zero attached hydrogens (tertiary/aromatic N) is 2. The molecule has 0 unspecified atom stereocenters. The van der Waals surface area contributed by atoms with E-state index in [4.69, 9.17) is 16.3 Å². The summed E-state index contributed by atoms with van der Waals surface area (Å²) in [6.07, 6.45) is 0. The van der Waals surface area contributed by atoms with E-state index in [9.17, 15) is 0 Å². The van der Waals surface area contributed by atoms with Gasteiger partial charge in [-0.1, -0.05) is 6.07 Å². The van der Waals surface area contributed by atoms with Gasteiger partial charge in [0.2, 0.25) is 5.28 Å². The molecule has 4 nitrogen and oxygen atoms in total. The van der Waals surface area contributed by atoms with E-state index in [-0.39, 0.29) is 5.28 Å². The molecule has 19 heavy (non-hydrogen) atoms. The summed E-state index contributed by atoms with van der Waals surface area (Å²) in [6, 6.07) is 7.86. The van der Waals surface area contributed by atoms with Crippen LogP contribution in [0.1, 0.15) is 16.8 Å². The molecule has 0 spiro atoms. The van der Waals surface area contributed by atoms with E-state index in [1.165, 1.54) is 11.1 Å². The minimum absolute atomic E-state index is 0.258. The van der Waals surface area contributed by atoms with Gasteiger partial charge in [-0.2, -0.15) is 0 Å². The van der Waals surface area contributed by atoms with Crippen LogP contribution in [0.4, 0.5) is 5.82 Å². The average molecular weight is 278 g/mol. The van der Waals surface area contributed by atoms with Crippen molar-refractivity contribution >= 4 is 17.4 Å². The van der Waals surface area contributed by atoms with Crippen LogP contribution in [-0.2, 0) is 6.54 Å². The third-order valence-corrected chi connectivity index (χ3v) is 3.01. The molecule has 1 aromatic carbocycles. The smallest absolute Gasteiger partial charge is 0.224 e. The Hall–Kier alpha value is -1.81. The Morgan fingerprint density at radius 3 is 2.63 bits per heavy atom. The van der Waals surface area contributed by atoms with Crippen molar-refractivity contribution < 1.29 is 4.74 Å². The highest BCUT2D eigenvalue weighted by Crippen LogP contribution is 2.18. The van der Waals surface area contributed by atoms with Crippen LogP contribution >= 0.6 is 11.6 Å². The molecule has 100 valence electrons. The van der Waals surface area contributed by atoms with Gasteiger partial charge in [0.15, 0.2) is 0 Å². The molecule has 0 bridgehead atoms. The molecule has 0 aliphatic carbocycles. The Morgan fingerprint density at radius 2 is 2.00 bits per heavy atom.